The standard InChI is InChI=1S/C11H18N2O3/c1-4-6-9(12)11(16)13(5-2)8(3)7-10(14)15/h1,8-9H,5-7,12H2,2-3H3,(H,14,15). The summed E-state index contributed by atoms with van der Waals surface area (Å²) in [5.41, 5.74) is 5.59. The maximum atomic E-state index is 11.8. The van der Waals surface area contributed by atoms with Gasteiger partial charge in [-0.05, 0) is 13.8 Å². The van der Waals surface area contributed by atoms with Crippen molar-refractivity contribution in [3.63, 3.8) is 0 Å². The lowest BCUT2D eigenvalue weighted by atomic mass is 10.1. The molecule has 5 nitrogen and oxygen atoms in total. The number of amides is 1. The maximum Gasteiger partial charge on any atom is 0.305 e. The van der Waals surface area contributed by atoms with E-state index >= 15 is 0 Å². The molecule has 5 heteroatoms. The van der Waals surface area contributed by atoms with Crippen LogP contribution in [0.1, 0.15) is 26.7 Å². The molecule has 0 heterocycles. The van der Waals surface area contributed by atoms with Gasteiger partial charge < -0.3 is 15.7 Å². The van der Waals surface area contributed by atoms with E-state index in [1.165, 1.54) is 4.90 Å². The second kappa shape index (κ2) is 6.85. The molecule has 0 aliphatic rings. The minimum Gasteiger partial charge on any atom is -0.481 e. The van der Waals surface area contributed by atoms with E-state index in [4.69, 9.17) is 17.3 Å². The largest absolute Gasteiger partial charge is 0.481 e. The molecule has 2 unspecified atom stereocenters. The number of likely N-dealkylation sites (N-methyl/N-ethyl adjacent to an activating group) is 1. The second-order valence-corrected chi connectivity index (χ2v) is 3.59. The number of carboxylic acids is 1. The van der Waals surface area contributed by atoms with Crippen LogP contribution in [-0.4, -0.2) is 40.5 Å². The Kier molecular flexibility index (Phi) is 6.19. The normalized spacial score (nSPS) is 13.6. The van der Waals surface area contributed by atoms with Gasteiger partial charge in [0.25, 0.3) is 0 Å². The lowest BCUT2D eigenvalue weighted by Gasteiger charge is -2.29. The molecular formula is C11H18N2O3. The van der Waals surface area contributed by atoms with Crippen molar-refractivity contribution >= 4 is 11.9 Å². The van der Waals surface area contributed by atoms with E-state index < -0.39 is 12.0 Å². The van der Waals surface area contributed by atoms with E-state index in [1.54, 1.807) is 13.8 Å². The maximum absolute atomic E-state index is 11.8. The first kappa shape index (κ1) is 14.5. The molecule has 0 aromatic carbocycles. The van der Waals surface area contributed by atoms with Gasteiger partial charge in [-0.3, -0.25) is 9.59 Å². The molecule has 0 fully saturated rings. The molecule has 0 saturated heterocycles. The number of carbonyl (C=O) groups is 2. The van der Waals surface area contributed by atoms with Crippen molar-refractivity contribution in [2.75, 3.05) is 6.54 Å². The molecule has 0 aliphatic heterocycles. The molecule has 3 N–H and O–H groups in total. The summed E-state index contributed by atoms with van der Waals surface area (Å²) in [6.07, 6.45) is 5.14. The zero-order valence-electron chi connectivity index (χ0n) is 9.64. The smallest absolute Gasteiger partial charge is 0.305 e. The van der Waals surface area contributed by atoms with Crippen LogP contribution in [0.25, 0.3) is 0 Å². The SMILES string of the molecule is C#CCC(N)C(=O)N(CC)C(C)CC(=O)O. The fraction of sp³-hybridized carbons (Fsp3) is 0.636. The van der Waals surface area contributed by atoms with Gasteiger partial charge in [-0.25, -0.2) is 0 Å². The van der Waals surface area contributed by atoms with Crippen LogP contribution in [0.5, 0.6) is 0 Å². The molecule has 0 spiro atoms. The highest BCUT2D eigenvalue weighted by Crippen LogP contribution is 2.06. The van der Waals surface area contributed by atoms with Gasteiger partial charge >= 0.3 is 5.97 Å². The minimum atomic E-state index is -0.940. The van der Waals surface area contributed by atoms with Crippen molar-refractivity contribution in [1.29, 1.82) is 0 Å². The van der Waals surface area contributed by atoms with Gasteiger partial charge in [-0.2, -0.15) is 0 Å². The van der Waals surface area contributed by atoms with Gasteiger partial charge in [0, 0.05) is 19.0 Å². The Balaban J connectivity index is 4.54. The van der Waals surface area contributed by atoms with Crippen LogP contribution < -0.4 is 5.73 Å². The topological polar surface area (TPSA) is 83.6 Å². The Labute approximate surface area is 95.6 Å². The molecule has 0 bridgehead atoms. The van der Waals surface area contributed by atoms with Crippen molar-refractivity contribution in [2.45, 2.75) is 38.8 Å². The van der Waals surface area contributed by atoms with E-state index in [-0.39, 0.29) is 24.8 Å². The summed E-state index contributed by atoms with van der Waals surface area (Å²) >= 11 is 0. The molecule has 2 atom stereocenters. The fourth-order valence-corrected chi connectivity index (χ4v) is 1.47. The monoisotopic (exact) mass is 226 g/mol. The highest BCUT2D eigenvalue weighted by atomic mass is 16.4. The molecule has 16 heavy (non-hydrogen) atoms. The van der Waals surface area contributed by atoms with E-state index in [1.807, 2.05) is 0 Å². The van der Waals surface area contributed by atoms with Crippen molar-refractivity contribution in [3.8, 4) is 12.3 Å². The number of hydrogen-bond donors (Lipinski definition) is 2. The van der Waals surface area contributed by atoms with Gasteiger partial charge in [0.1, 0.15) is 0 Å². The molecular weight excluding hydrogens is 208 g/mol. The number of carboxylic acid groups (broad SMARTS) is 1. The highest BCUT2D eigenvalue weighted by Gasteiger charge is 2.24. The Bertz CT molecular complexity index is 296. The van der Waals surface area contributed by atoms with E-state index in [2.05, 4.69) is 5.92 Å². The van der Waals surface area contributed by atoms with Crippen LogP contribution >= 0.6 is 0 Å². The number of nitrogens with two attached hydrogens (primary N) is 1. The molecule has 0 aromatic rings. The van der Waals surface area contributed by atoms with Crippen molar-refractivity contribution in [2.24, 2.45) is 5.73 Å². The highest BCUT2D eigenvalue weighted by molar-refractivity contribution is 5.82. The molecule has 0 aliphatic carbocycles. The lowest BCUT2D eigenvalue weighted by Crippen LogP contribution is -2.48. The summed E-state index contributed by atoms with van der Waals surface area (Å²) < 4.78 is 0. The van der Waals surface area contributed by atoms with Crippen LogP contribution in [-0.2, 0) is 9.59 Å². The van der Waals surface area contributed by atoms with E-state index in [0.717, 1.165) is 0 Å². The lowest BCUT2D eigenvalue weighted by molar-refractivity contribution is -0.140. The van der Waals surface area contributed by atoms with E-state index in [0.29, 0.717) is 6.54 Å². The van der Waals surface area contributed by atoms with Gasteiger partial charge in [-0.15, -0.1) is 12.3 Å². The third-order valence-corrected chi connectivity index (χ3v) is 2.28. The Morgan fingerprint density at radius 2 is 2.12 bits per heavy atom. The first-order valence-corrected chi connectivity index (χ1v) is 5.15. The minimum absolute atomic E-state index is 0.0949. The zero-order chi connectivity index (χ0) is 12.7. The molecule has 0 rings (SSSR count). The van der Waals surface area contributed by atoms with Gasteiger partial charge in [0.2, 0.25) is 5.91 Å². The summed E-state index contributed by atoms with van der Waals surface area (Å²) in [5.74, 6) is 1.08. The quantitative estimate of drug-likeness (QED) is 0.627. The summed E-state index contributed by atoms with van der Waals surface area (Å²) in [7, 11) is 0. The second-order valence-electron chi connectivity index (χ2n) is 3.59. The average Bonchev–Trinajstić information content (AvgIpc) is 2.17. The van der Waals surface area contributed by atoms with Crippen LogP contribution in [0.15, 0.2) is 0 Å². The summed E-state index contributed by atoms with van der Waals surface area (Å²) in [4.78, 5) is 23.8. The van der Waals surface area contributed by atoms with Gasteiger partial charge in [0.15, 0.2) is 0 Å². The molecule has 0 saturated carbocycles. The van der Waals surface area contributed by atoms with Gasteiger partial charge in [-0.1, -0.05) is 0 Å². The van der Waals surface area contributed by atoms with Crippen molar-refractivity contribution in [1.82, 2.24) is 4.90 Å². The van der Waals surface area contributed by atoms with Crippen LogP contribution in [0.4, 0.5) is 0 Å². The van der Waals surface area contributed by atoms with Crippen molar-refractivity contribution in [3.05, 3.63) is 0 Å². The summed E-state index contributed by atoms with van der Waals surface area (Å²) in [6, 6.07) is -1.12. The number of carbonyl (C=O) groups excluding carboxylic acids is 1. The molecule has 0 aromatic heterocycles. The molecule has 90 valence electrons. The van der Waals surface area contributed by atoms with Crippen LogP contribution in [0, 0.1) is 12.3 Å². The number of rotatable bonds is 6. The Morgan fingerprint density at radius 3 is 2.50 bits per heavy atom. The number of nitrogens with zero attached hydrogens (tertiary/aromatic N) is 1. The molecule has 1 amide bonds. The first-order valence-electron chi connectivity index (χ1n) is 5.15. The van der Waals surface area contributed by atoms with Crippen LogP contribution in [0.2, 0.25) is 0 Å². The van der Waals surface area contributed by atoms with E-state index in [9.17, 15) is 9.59 Å². The molecule has 0 radical (unpaired) electrons. The predicted molar refractivity (Wildman–Crippen MR) is 60.5 cm³/mol. The number of terminal acetylenes is 1. The van der Waals surface area contributed by atoms with Crippen LogP contribution in [0.3, 0.4) is 0 Å². The number of aliphatic carboxylic acids is 1. The predicted octanol–water partition coefficient (Wildman–Crippen LogP) is 0.0487. The first-order chi connectivity index (χ1) is 7.43. The third kappa shape index (κ3) is 4.32. The van der Waals surface area contributed by atoms with Crippen molar-refractivity contribution < 1.29 is 14.7 Å². The number of hydrogen-bond acceptors (Lipinski definition) is 3. The summed E-state index contributed by atoms with van der Waals surface area (Å²) in [5, 5.41) is 8.65. The Morgan fingerprint density at radius 1 is 1.56 bits per heavy atom. The Hall–Kier alpha value is -1.54. The fourth-order valence-electron chi connectivity index (χ4n) is 1.47. The summed E-state index contributed by atoms with van der Waals surface area (Å²) in [6.45, 7) is 3.88. The van der Waals surface area contributed by atoms with Gasteiger partial charge in [0.05, 0.1) is 12.5 Å². The average molecular weight is 226 g/mol. The third-order valence-electron chi connectivity index (χ3n) is 2.28. The zero-order valence-corrected chi connectivity index (χ0v) is 9.64.